The lowest BCUT2D eigenvalue weighted by Gasteiger charge is -2.11. The molecule has 0 atom stereocenters. The number of carbonyl (C=O) groups excluding carboxylic acids is 1. The zero-order valence-electron chi connectivity index (χ0n) is 17.2. The number of amides is 1. The molecule has 0 bridgehead atoms. The summed E-state index contributed by atoms with van der Waals surface area (Å²) in [6.45, 7) is 3.98. The first-order valence-corrected chi connectivity index (χ1v) is 11.1. The van der Waals surface area contributed by atoms with Gasteiger partial charge in [0.25, 0.3) is 0 Å². The number of thioether (sulfide) groups is 1. The van der Waals surface area contributed by atoms with Gasteiger partial charge in [0.1, 0.15) is 0 Å². The van der Waals surface area contributed by atoms with E-state index in [4.69, 9.17) is 11.6 Å². The zero-order valence-corrected chi connectivity index (χ0v) is 18.7. The van der Waals surface area contributed by atoms with E-state index in [0.717, 1.165) is 28.1 Å². The van der Waals surface area contributed by atoms with Crippen LogP contribution in [-0.4, -0.2) is 26.4 Å². The molecule has 3 aromatic carbocycles. The number of hydrogen-bond donors (Lipinski definition) is 1. The number of aromatic nitrogens is 3. The van der Waals surface area contributed by atoms with Crippen molar-refractivity contribution in [3.63, 3.8) is 0 Å². The quantitative estimate of drug-likeness (QED) is 0.371. The van der Waals surface area contributed by atoms with Gasteiger partial charge in [-0.15, -0.1) is 10.2 Å². The number of aryl methyl sites for hydroxylation is 2. The Hall–Kier alpha value is -3.09. The fourth-order valence-corrected chi connectivity index (χ4v) is 4.12. The second-order valence-electron chi connectivity index (χ2n) is 7.14. The van der Waals surface area contributed by atoms with Crippen molar-refractivity contribution in [1.82, 2.24) is 14.8 Å². The highest BCUT2D eigenvalue weighted by Crippen LogP contribution is 2.29. The molecule has 31 heavy (non-hydrogen) atoms. The molecule has 0 radical (unpaired) electrons. The van der Waals surface area contributed by atoms with Crippen LogP contribution in [0.2, 0.25) is 5.02 Å². The summed E-state index contributed by atoms with van der Waals surface area (Å²) in [6.07, 6.45) is 0. The third-order valence-corrected chi connectivity index (χ3v) is 5.89. The molecular weight excluding hydrogens is 428 g/mol. The normalized spacial score (nSPS) is 10.8. The highest BCUT2D eigenvalue weighted by molar-refractivity contribution is 7.99. The molecule has 1 N–H and O–H groups in total. The third kappa shape index (κ3) is 4.98. The average molecular weight is 449 g/mol. The van der Waals surface area contributed by atoms with E-state index < -0.39 is 0 Å². The molecule has 0 aliphatic carbocycles. The summed E-state index contributed by atoms with van der Waals surface area (Å²) in [5, 5.41) is 13.0. The van der Waals surface area contributed by atoms with E-state index in [-0.39, 0.29) is 11.7 Å². The summed E-state index contributed by atoms with van der Waals surface area (Å²) in [5.41, 5.74) is 4.73. The van der Waals surface area contributed by atoms with E-state index in [2.05, 4.69) is 15.5 Å². The predicted octanol–water partition coefficient (Wildman–Crippen LogP) is 5.94. The van der Waals surface area contributed by atoms with Crippen LogP contribution < -0.4 is 5.32 Å². The van der Waals surface area contributed by atoms with Gasteiger partial charge >= 0.3 is 0 Å². The van der Waals surface area contributed by atoms with Gasteiger partial charge in [0.05, 0.1) is 5.75 Å². The number of rotatable bonds is 6. The molecule has 5 nitrogen and oxygen atoms in total. The van der Waals surface area contributed by atoms with Crippen molar-refractivity contribution in [3.8, 4) is 17.1 Å². The SMILES string of the molecule is Cc1ccc(C)c(NC(=O)CSc2nnc(-c3cccc(Cl)c3)n2-c2ccccc2)c1. The molecule has 0 saturated carbocycles. The molecule has 7 heteroatoms. The Kier molecular flexibility index (Phi) is 6.39. The van der Waals surface area contributed by atoms with Gasteiger partial charge < -0.3 is 5.32 Å². The van der Waals surface area contributed by atoms with E-state index in [1.165, 1.54) is 11.8 Å². The van der Waals surface area contributed by atoms with Crippen molar-refractivity contribution in [1.29, 1.82) is 0 Å². The van der Waals surface area contributed by atoms with Crippen LogP contribution in [0, 0.1) is 13.8 Å². The zero-order chi connectivity index (χ0) is 21.8. The van der Waals surface area contributed by atoms with Crippen LogP contribution in [0.25, 0.3) is 17.1 Å². The van der Waals surface area contributed by atoms with Gasteiger partial charge in [-0.3, -0.25) is 9.36 Å². The van der Waals surface area contributed by atoms with Crippen LogP contribution in [0.15, 0.2) is 78.0 Å². The Balaban J connectivity index is 1.60. The summed E-state index contributed by atoms with van der Waals surface area (Å²) in [4.78, 5) is 12.6. The van der Waals surface area contributed by atoms with Crippen molar-refractivity contribution in [2.75, 3.05) is 11.1 Å². The van der Waals surface area contributed by atoms with Gasteiger partial charge in [-0.2, -0.15) is 0 Å². The molecule has 0 aliphatic rings. The Labute approximate surface area is 190 Å². The first-order valence-electron chi connectivity index (χ1n) is 9.78. The Morgan fingerprint density at radius 2 is 1.81 bits per heavy atom. The first kappa shape index (κ1) is 21.2. The lowest BCUT2D eigenvalue weighted by Crippen LogP contribution is -2.15. The van der Waals surface area contributed by atoms with E-state index in [9.17, 15) is 4.79 Å². The summed E-state index contributed by atoms with van der Waals surface area (Å²) in [5.74, 6) is 0.796. The Bertz CT molecular complexity index is 1220. The van der Waals surface area contributed by atoms with Gasteiger partial charge in [0, 0.05) is 22.0 Å². The number of hydrogen-bond acceptors (Lipinski definition) is 4. The molecular formula is C24H21ClN4OS. The predicted molar refractivity (Wildman–Crippen MR) is 127 cm³/mol. The molecule has 4 aromatic rings. The van der Waals surface area contributed by atoms with Crippen LogP contribution in [0.1, 0.15) is 11.1 Å². The highest BCUT2D eigenvalue weighted by Gasteiger charge is 2.17. The van der Waals surface area contributed by atoms with Crippen molar-refractivity contribution >= 4 is 35.0 Å². The van der Waals surface area contributed by atoms with E-state index in [1.54, 1.807) is 0 Å². The molecule has 0 saturated heterocycles. The summed E-state index contributed by atoms with van der Waals surface area (Å²) < 4.78 is 1.95. The summed E-state index contributed by atoms with van der Waals surface area (Å²) >= 11 is 7.53. The van der Waals surface area contributed by atoms with Crippen LogP contribution in [0.3, 0.4) is 0 Å². The van der Waals surface area contributed by atoms with Gasteiger partial charge in [-0.05, 0) is 55.3 Å². The molecule has 1 aromatic heterocycles. The van der Waals surface area contributed by atoms with E-state index >= 15 is 0 Å². The largest absolute Gasteiger partial charge is 0.325 e. The molecule has 0 unspecified atom stereocenters. The number of anilines is 1. The second-order valence-corrected chi connectivity index (χ2v) is 8.52. The van der Waals surface area contributed by atoms with E-state index in [0.29, 0.717) is 16.0 Å². The number of halogens is 1. The van der Waals surface area contributed by atoms with Crippen LogP contribution >= 0.6 is 23.4 Å². The van der Waals surface area contributed by atoms with Crippen LogP contribution in [-0.2, 0) is 4.79 Å². The molecule has 4 rings (SSSR count). The van der Waals surface area contributed by atoms with Gasteiger partial charge in [0.2, 0.25) is 5.91 Å². The third-order valence-electron chi connectivity index (χ3n) is 4.73. The fraction of sp³-hybridized carbons (Fsp3) is 0.125. The van der Waals surface area contributed by atoms with Crippen molar-refractivity contribution in [2.24, 2.45) is 0 Å². The second kappa shape index (κ2) is 9.37. The Morgan fingerprint density at radius 1 is 1.00 bits per heavy atom. The monoisotopic (exact) mass is 448 g/mol. The molecule has 1 amide bonds. The van der Waals surface area contributed by atoms with Gasteiger partial charge in [0.15, 0.2) is 11.0 Å². The van der Waals surface area contributed by atoms with Crippen molar-refractivity contribution in [2.45, 2.75) is 19.0 Å². The number of nitrogens with one attached hydrogen (secondary N) is 1. The molecule has 0 fully saturated rings. The van der Waals surface area contributed by atoms with Crippen molar-refractivity contribution in [3.05, 3.63) is 88.9 Å². The maximum atomic E-state index is 12.6. The van der Waals surface area contributed by atoms with Gasteiger partial charge in [-0.25, -0.2) is 0 Å². The molecule has 0 aliphatic heterocycles. The van der Waals surface area contributed by atoms with Crippen LogP contribution in [0.4, 0.5) is 5.69 Å². The smallest absolute Gasteiger partial charge is 0.234 e. The lowest BCUT2D eigenvalue weighted by atomic mass is 10.1. The fourth-order valence-electron chi connectivity index (χ4n) is 3.17. The number of nitrogens with zero attached hydrogens (tertiary/aromatic N) is 3. The Morgan fingerprint density at radius 3 is 2.58 bits per heavy atom. The number of carbonyl (C=O) groups is 1. The van der Waals surface area contributed by atoms with Crippen LogP contribution in [0.5, 0.6) is 0 Å². The number of benzene rings is 3. The summed E-state index contributed by atoms with van der Waals surface area (Å²) in [7, 11) is 0. The van der Waals surface area contributed by atoms with Crippen molar-refractivity contribution < 1.29 is 4.79 Å². The van der Waals surface area contributed by atoms with Gasteiger partial charge in [-0.1, -0.05) is 65.8 Å². The number of para-hydroxylation sites is 1. The average Bonchev–Trinajstić information content (AvgIpc) is 3.19. The minimum Gasteiger partial charge on any atom is -0.325 e. The molecule has 1 heterocycles. The minimum absolute atomic E-state index is 0.0920. The molecule has 156 valence electrons. The minimum atomic E-state index is -0.0920. The topological polar surface area (TPSA) is 59.8 Å². The maximum Gasteiger partial charge on any atom is 0.234 e. The first-order chi connectivity index (χ1) is 15.0. The van der Waals surface area contributed by atoms with E-state index in [1.807, 2.05) is 91.2 Å². The standard InChI is InChI=1S/C24H21ClN4OS/c1-16-11-12-17(2)21(13-16)26-22(30)15-31-24-28-27-23(18-7-6-8-19(25)14-18)29(24)20-9-4-3-5-10-20/h3-14H,15H2,1-2H3,(H,26,30). The highest BCUT2D eigenvalue weighted by atomic mass is 35.5. The molecule has 0 spiro atoms. The summed E-state index contributed by atoms with van der Waals surface area (Å²) in [6, 6.07) is 23.3. The lowest BCUT2D eigenvalue weighted by molar-refractivity contribution is -0.113. The maximum absolute atomic E-state index is 12.6.